The van der Waals surface area contributed by atoms with Gasteiger partial charge in [-0.25, -0.2) is 9.69 Å². The third-order valence-corrected chi connectivity index (χ3v) is 5.44. The van der Waals surface area contributed by atoms with Crippen LogP contribution >= 0.6 is 0 Å². The van der Waals surface area contributed by atoms with E-state index in [0.29, 0.717) is 18.6 Å². The highest BCUT2D eigenvalue weighted by Crippen LogP contribution is 2.28. The van der Waals surface area contributed by atoms with Crippen molar-refractivity contribution in [1.82, 2.24) is 4.90 Å². The zero-order valence-electron chi connectivity index (χ0n) is 19.7. The second kappa shape index (κ2) is 11.9. The first-order chi connectivity index (χ1) is 14.7. The molecule has 2 unspecified atom stereocenters. The number of hydrogen-bond acceptors (Lipinski definition) is 4. The fourth-order valence-electron chi connectivity index (χ4n) is 4.02. The van der Waals surface area contributed by atoms with Gasteiger partial charge in [-0.2, -0.15) is 0 Å². The van der Waals surface area contributed by atoms with E-state index in [4.69, 9.17) is 9.47 Å². The molecule has 1 heterocycles. The standard InChI is InChI=1S/C26H39NO4/c1-6-7-8-9-13-16-22(17-20(2)31-26(3,4)5)24(28)27-23(19-30-25(27)29)18-21-14-11-10-12-15-21/h10-12,14-15,22-23H,2,6-9,13,16-19H2,1,3-5H3. The Bertz CT molecular complexity index is 723. The van der Waals surface area contributed by atoms with Crippen molar-refractivity contribution in [2.45, 2.75) is 90.7 Å². The molecule has 1 aliphatic heterocycles. The van der Waals surface area contributed by atoms with Crippen LogP contribution in [0, 0.1) is 5.92 Å². The molecule has 5 nitrogen and oxygen atoms in total. The molecule has 1 aliphatic rings. The Balaban J connectivity index is 2.09. The lowest BCUT2D eigenvalue weighted by atomic mass is 9.94. The lowest BCUT2D eigenvalue weighted by Crippen LogP contribution is -2.43. The molecule has 0 N–H and O–H groups in total. The normalized spacial score (nSPS) is 17.4. The first-order valence-electron chi connectivity index (χ1n) is 11.6. The van der Waals surface area contributed by atoms with Gasteiger partial charge in [0.25, 0.3) is 0 Å². The second-order valence-electron chi connectivity index (χ2n) is 9.49. The summed E-state index contributed by atoms with van der Waals surface area (Å²) in [6.45, 7) is 12.4. The van der Waals surface area contributed by atoms with Crippen molar-refractivity contribution < 1.29 is 19.1 Å². The third kappa shape index (κ3) is 8.39. The Hall–Kier alpha value is -2.30. The molecular formula is C26H39NO4. The van der Waals surface area contributed by atoms with Gasteiger partial charge in [0.05, 0.1) is 11.8 Å². The summed E-state index contributed by atoms with van der Waals surface area (Å²) < 4.78 is 11.2. The maximum Gasteiger partial charge on any atom is 0.416 e. The highest BCUT2D eigenvalue weighted by molar-refractivity contribution is 5.95. The van der Waals surface area contributed by atoms with E-state index in [0.717, 1.165) is 24.8 Å². The summed E-state index contributed by atoms with van der Waals surface area (Å²) in [5, 5.41) is 0. The van der Waals surface area contributed by atoms with Gasteiger partial charge in [0.2, 0.25) is 5.91 Å². The fourth-order valence-corrected chi connectivity index (χ4v) is 4.02. The van der Waals surface area contributed by atoms with Crippen LogP contribution < -0.4 is 0 Å². The summed E-state index contributed by atoms with van der Waals surface area (Å²) in [6.07, 6.45) is 6.79. The van der Waals surface area contributed by atoms with E-state index >= 15 is 0 Å². The summed E-state index contributed by atoms with van der Waals surface area (Å²) in [5.41, 5.74) is 0.717. The fraction of sp³-hybridized carbons (Fsp3) is 0.615. The van der Waals surface area contributed by atoms with Gasteiger partial charge in [0.1, 0.15) is 12.2 Å². The summed E-state index contributed by atoms with van der Waals surface area (Å²) in [6, 6.07) is 9.63. The quantitative estimate of drug-likeness (QED) is 0.290. The van der Waals surface area contributed by atoms with Crippen LogP contribution in [0.15, 0.2) is 42.7 Å². The number of amides is 2. The van der Waals surface area contributed by atoms with Gasteiger partial charge in [0, 0.05) is 12.3 Å². The molecule has 1 saturated heterocycles. The monoisotopic (exact) mass is 429 g/mol. The zero-order valence-corrected chi connectivity index (χ0v) is 19.7. The maximum absolute atomic E-state index is 13.5. The molecule has 1 aromatic carbocycles. The summed E-state index contributed by atoms with van der Waals surface area (Å²) in [7, 11) is 0. The van der Waals surface area contributed by atoms with Crippen LogP contribution in [0.5, 0.6) is 0 Å². The molecule has 2 amide bonds. The van der Waals surface area contributed by atoms with Crippen molar-refractivity contribution >= 4 is 12.0 Å². The summed E-state index contributed by atoms with van der Waals surface area (Å²) in [5.74, 6) is 0.0876. The van der Waals surface area contributed by atoms with Crippen molar-refractivity contribution in [3.8, 4) is 0 Å². The van der Waals surface area contributed by atoms with E-state index in [-0.39, 0.29) is 30.1 Å². The van der Waals surface area contributed by atoms with Gasteiger partial charge in [-0.05, 0) is 39.2 Å². The molecule has 0 aromatic heterocycles. The van der Waals surface area contributed by atoms with E-state index in [1.54, 1.807) is 0 Å². The molecule has 0 spiro atoms. The topological polar surface area (TPSA) is 55.8 Å². The number of rotatable bonds is 12. The Morgan fingerprint density at radius 2 is 1.87 bits per heavy atom. The van der Waals surface area contributed by atoms with Crippen molar-refractivity contribution in [2.75, 3.05) is 6.61 Å². The molecule has 1 aromatic rings. The molecule has 0 radical (unpaired) electrons. The molecule has 0 bridgehead atoms. The lowest BCUT2D eigenvalue weighted by Gasteiger charge is -2.28. The minimum Gasteiger partial charge on any atom is -0.493 e. The maximum atomic E-state index is 13.5. The van der Waals surface area contributed by atoms with Crippen molar-refractivity contribution in [3.05, 3.63) is 48.2 Å². The number of nitrogens with zero attached hydrogens (tertiary/aromatic N) is 1. The Kier molecular flexibility index (Phi) is 9.60. The number of carbonyl (C=O) groups is 2. The number of imide groups is 1. The summed E-state index contributed by atoms with van der Waals surface area (Å²) in [4.78, 5) is 27.3. The minimum atomic E-state index is -0.538. The summed E-state index contributed by atoms with van der Waals surface area (Å²) >= 11 is 0. The SMILES string of the molecule is C=C(CC(CCCCCCC)C(=O)N1C(=O)OCC1Cc1ccccc1)OC(C)(C)C. The highest BCUT2D eigenvalue weighted by Gasteiger charge is 2.40. The average Bonchev–Trinajstić information content (AvgIpc) is 3.05. The predicted octanol–water partition coefficient (Wildman–Crippen LogP) is 6.27. The molecule has 2 rings (SSSR count). The lowest BCUT2D eigenvalue weighted by molar-refractivity contribution is -0.134. The average molecular weight is 430 g/mol. The molecule has 2 atom stereocenters. The molecule has 172 valence electrons. The number of cyclic esters (lactones) is 1. The first-order valence-corrected chi connectivity index (χ1v) is 11.6. The largest absolute Gasteiger partial charge is 0.493 e. The number of allylic oxidation sites excluding steroid dienone is 1. The zero-order chi connectivity index (χ0) is 22.9. The van der Waals surface area contributed by atoms with Crippen LogP contribution in [-0.4, -0.2) is 35.2 Å². The predicted molar refractivity (Wildman–Crippen MR) is 124 cm³/mol. The molecule has 0 aliphatic carbocycles. The van der Waals surface area contributed by atoms with Crippen molar-refractivity contribution in [2.24, 2.45) is 5.92 Å². The van der Waals surface area contributed by atoms with Crippen LogP contribution in [0.1, 0.15) is 78.2 Å². The number of unbranched alkanes of at least 4 members (excludes halogenated alkanes) is 4. The van der Waals surface area contributed by atoms with Crippen LogP contribution in [0.25, 0.3) is 0 Å². The van der Waals surface area contributed by atoms with Crippen LogP contribution in [-0.2, 0) is 20.7 Å². The minimum absolute atomic E-state index is 0.169. The molecular weight excluding hydrogens is 390 g/mol. The second-order valence-corrected chi connectivity index (χ2v) is 9.49. The number of carbonyl (C=O) groups excluding carboxylic acids is 2. The number of ether oxygens (including phenoxy) is 2. The van der Waals surface area contributed by atoms with E-state index in [9.17, 15) is 9.59 Å². The first kappa shape index (κ1) is 25.0. The van der Waals surface area contributed by atoms with Gasteiger partial charge in [-0.15, -0.1) is 0 Å². The van der Waals surface area contributed by atoms with Crippen molar-refractivity contribution in [3.63, 3.8) is 0 Å². The van der Waals surface area contributed by atoms with Gasteiger partial charge in [-0.1, -0.05) is 75.9 Å². The van der Waals surface area contributed by atoms with E-state index in [1.165, 1.54) is 24.2 Å². The van der Waals surface area contributed by atoms with Gasteiger partial charge in [0.15, 0.2) is 0 Å². The van der Waals surface area contributed by atoms with Crippen LogP contribution in [0.4, 0.5) is 4.79 Å². The Morgan fingerprint density at radius 1 is 1.19 bits per heavy atom. The van der Waals surface area contributed by atoms with E-state index in [2.05, 4.69) is 13.5 Å². The highest BCUT2D eigenvalue weighted by atomic mass is 16.6. The number of hydrogen-bond donors (Lipinski definition) is 0. The molecule has 1 fully saturated rings. The molecule has 31 heavy (non-hydrogen) atoms. The smallest absolute Gasteiger partial charge is 0.416 e. The Labute approximate surface area is 187 Å². The van der Waals surface area contributed by atoms with Crippen LogP contribution in [0.3, 0.4) is 0 Å². The van der Waals surface area contributed by atoms with E-state index in [1.807, 2.05) is 51.1 Å². The van der Waals surface area contributed by atoms with E-state index < -0.39 is 6.09 Å². The molecule has 5 heteroatoms. The van der Waals surface area contributed by atoms with Gasteiger partial charge >= 0.3 is 6.09 Å². The van der Waals surface area contributed by atoms with Gasteiger partial charge in [-0.3, -0.25) is 4.79 Å². The number of benzene rings is 1. The van der Waals surface area contributed by atoms with Crippen molar-refractivity contribution in [1.29, 1.82) is 0 Å². The van der Waals surface area contributed by atoms with Crippen LogP contribution in [0.2, 0.25) is 0 Å². The third-order valence-electron chi connectivity index (χ3n) is 5.44. The van der Waals surface area contributed by atoms with Gasteiger partial charge < -0.3 is 9.47 Å². The Morgan fingerprint density at radius 3 is 2.52 bits per heavy atom. The molecule has 0 saturated carbocycles.